The molecule has 0 aromatic carbocycles. The van der Waals surface area contributed by atoms with Crippen LogP contribution in [0.4, 0.5) is 0 Å². The Morgan fingerprint density at radius 2 is 1.91 bits per heavy atom. The minimum Gasteiger partial charge on any atom is -0.240 e. The maximum Gasteiger partial charge on any atom is 0.154 e. The second-order valence-electron chi connectivity index (χ2n) is 2.24. The normalized spacial score (nSPS) is 11.4. The highest BCUT2D eigenvalue weighted by molar-refractivity contribution is 7.89. The summed E-state index contributed by atoms with van der Waals surface area (Å²) in [6.07, 6.45) is 4.20. The second-order valence-corrected chi connectivity index (χ2v) is 4.38. The molecule has 1 aromatic heterocycles. The van der Waals surface area contributed by atoms with Crippen LogP contribution in [-0.4, -0.2) is 24.6 Å². The van der Waals surface area contributed by atoms with E-state index in [1.807, 2.05) is 0 Å². The molecule has 5 heteroatoms. The number of rotatable bonds is 2. The fraction of sp³-hybridized carbons (Fsp3) is 0.333. The van der Waals surface area contributed by atoms with Gasteiger partial charge in [0.25, 0.3) is 0 Å². The Kier molecular flexibility index (Phi) is 2.19. The van der Waals surface area contributed by atoms with Crippen LogP contribution in [0.25, 0.3) is 0 Å². The molecule has 1 heterocycles. The molecule has 4 nitrogen and oxygen atoms in total. The minimum atomic E-state index is -3.00. The van der Waals surface area contributed by atoms with Crippen molar-refractivity contribution in [3.8, 4) is 0 Å². The average Bonchev–Trinajstić information content (AvgIpc) is 1.85. The number of sulfone groups is 1. The highest BCUT2D eigenvalue weighted by Gasteiger charge is 2.04. The van der Waals surface area contributed by atoms with E-state index in [1.165, 1.54) is 12.4 Å². The molecule has 1 aromatic rings. The zero-order valence-electron chi connectivity index (χ0n) is 6.06. The number of hydrogen-bond donors (Lipinski definition) is 0. The van der Waals surface area contributed by atoms with Crippen molar-refractivity contribution in [3.63, 3.8) is 0 Å². The second kappa shape index (κ2) is 2.96. The van der Waals surface area contributed by atoms with Gasteiger partial charge in [-0.15, -0.1) is 0 Å². The van der Waals surface area contributed by atoms with E-state index in [2.05, 4.69) is 9.97 Å². The standard InChI is InChI=1S/C6H8N2O2S/c1-11(9,10)5-6-7-3-2-4-8-6/h2-4H,5H2,1H3. The zero-order valence-corrected chi connectivity index (χ0v) is 6.87. The van der Waals surface area contributed by atoms with Crippen LogP contribution in [0.5, 0.6) is 0 Å². The topological polar surface area (TPSA) is 59.9 Å². The lowest BCUT2D eigenvalue weighted by molar-refractivity contribution is 0.599. The smallest absolute Gasteiger partial charge is 0.154 e. The molecule has 0 bridgehead atoms. The van der Waals surface area contributed by atoms with Gasteiger partial charge in [0.15, 0.2) is 9.84 Å². The molecule has 0 aliphatic rings. The summed E-state index contributed by atoms with van der Waals surface area (Å²) in [4.78, 5) is 7.55. The summed E-state index contributed by atoms with van der Waals surface area (Å²) in [6, 6.07) is 1.64. The van der Waals surface area contributed by atoms with E-state index in [1.54, 1.807) is 6.07 Å². The number of hydrogen-bond acceptors (Lipinski definition) is 4. The summed E-state index contributed by atoms with van der Waals surface area (Å²) >= 11 is 0. The van der Waals surface area contributed by atoms with Crippen LogP contribution >= 0.6 is 0 Å². The van der Waals surface area contributed by atoms with Gasteiger partial charge < -0.3 is 0 Å². The Morgan fingerprint density at radius 1 is 1.36 bits per heavy atom. The van der Waals surface area contributed by atoms with Crippen LogP contribution < -0.4 is 0 Å². The van der Waals surface area contributed by atoms with Crippen LogP contribution in [0.15, 0.2) is 18.5 Å². The van der Waals surface area contributed by atoms with Crippen LogP contribution in [0.3, 0.4) is 0 Å². The van der Waals surface area contributed by atoms with Crippen molar-refractivity contribution in [2.75, 3.05) is 6.26 Å². The van der Waals surface area contributed by atoms with Gasteiger partial charge in [0.05, 0.1) is 0 Å². The first kappa shape index (κ1) is 8.13. The van der Waals surface area contributed by atoms with Crippen molar-refractivity contribution in [2.45, 2.75) is 5.75 Å². The summed E-state index contributed by atoms with van der Waals surface area (Å²) in [6.45, 7) is 0. The molecular formula is C6H8N2O2S. The lowest BCUT2D eigenvalue weighted by Gasteiger charge is -1.94. The molecule has 0 aliphatic carbocycles. The van der Waals surface area contributed by atoms with Crippen molar-refractivity contribution in [3.05, 3.63) is 24.3 Å². The maximum atomic E-state index is 10.7. The monoisotopic (exact) mass is 172 g/mol. The maximum absolute atomic E-state index is 10.7. The first-order valence-corrected chi connectivity index (χ1v) is 5.07. The van der Waals surface area contributed by atoms with Gasteiger partial charge in [-0.25, -0.2) is 18.4 Å². The largest absolute Gasteiger partial charge is 0.240 e. The molecule has 11 heavy (non-hydrogen) atoms. The molecule has 0 spiro atoms. The Balaban J connectivity index is 2.82. The van der Waals surface area contributed by atoms with Gasteiger partial charge in [-0.1, -0.05) is 0 Å². The van der Waals surface area contributed by atoms with Gasteiger partial charge in [0.1, 0.15) is 11.6 Å². The molecule has 60 valence electrons. The molecule has 0 amide bonds. The quantitative estimate of drug-likeness (QED) is 0.631. The Morgan fingerprint density at radius 3 is 2.36 bits per heavy atom. The fourth-order valence-electron chi connectivity index (χ4n) is 0.639. The third-order valence-electron chi connectivity index (χ3n) is 1.01. The number of nitrogens with zero attached hydrogens (tertiary/aromatic N) is 2. The predicted octanol–water partition coefficient (Wildman–Crippen LogP) is 0.0212. The van der Waals surface area contributed by atoms with Gasteiger partial charge in [-0.05, 0) is 6.07 Å². The van der Waals surface area contributed by atoms with Gasteiger partial charge >= 0.3 is 0 Å². The lowest BCUT2D eigenvalue weighted by Crippen LogP contribution is -2.04. The summed E-state index contributed by atoms with van der Waals surface area (Å²) in [7, 11) is -3.00. The number of aromatic nitrogens is 2. The van der Waals surface area contributed by atoms with Gasteiger partial charge in [0.2, 0.25) is 0 Å². The van der Waals surface area contributed by atoms with E-state index >= 15 is 0 Å². The molecule has 0 N–H and O–H groups in total. The summed E-state index contributed by atoms with van der Waals surface area (Å²) in [5.41, 5.74) is 0. The van der Waals surface area contributed by atoms with Crippen LogP contribution in [0.2, 0.25) is 0 Å². The molecule has 0 unspecified atom stereocenters. The van der Waals surface area contributed by atoms with Crippen molar-refractivity contribution in [1.29, 1.82) is 0 Å². The SMILES string of the molecule is CS(=O)(=O)Cc1ncccn1. The van der Waals surface area contributed by atoms with E-state index in [4.69, 9.17) is 0 Å². The first-order chi connectivity index (χ1) is 5.08. The lowest BCUT2D eigenvalue weighted by atomic mass is 10.6. The van der Waals surface area contributed by atoms with Gasteiger partial charge in [0, 0.05) is 18.6 Å². The highest BCUT2D eigenvalue weighted by Crippen LogP contribution is 1.94. The van der Waals surface area contributed by atoms with Crippen molar-refractivity contribution < 1.29 is 8.42 Å². The summed E-state index contributed by atoms with van der Waals surface area (Å²) < 4.78 is 21.4. The van der Waals surface area contributed by atoms with E-state index in [9.17, 15) is 8.42 Å². The van der Waals surface area contributed by atoms with Crippen LogP contribution in [-0.2, 0) is 15.6 Å². The molecule has 1 rings (SSSR count). The van der Waals surface area contributed by atoms with Crippen molar-refractivity contribution >= 4 is 9.84 Å². The predicted molar refractivity (Wildman–Crippen MR) is 40.6 cm³/mol. The molecule has 0 atom stereocenters. The Hall–Kier alpha value is -0.970. The van der Waals surface area contributed by atoms with E-state index in [0.717, 1.165) is 6.26 Å². The minimum absolute atomic E-state index is 0.0894. The summed E-state index contributed by atoms with van der Waals surface area (Å²) in [5.74, 6) is 0.253. The summed E-state index contributed by atoms with van der Waals surface area (Å²) in [5, 5.41) is 0. The van der Waals surface area contributed by atoms with Gasteiger partial charge in [-0.3, -0.25) is 0 Å². The van der Waals surface area contributed by atoms with Crippen molar-refractivity contribution in [1.82, 2.24) is 9.97 Å². The Labute approximate surface area is 65.2 Å². The molecule has 0 radical (unpaired) electrons. The van der Waals surface area contributed by atoms with E-state index in [-0.39, 0.29) is 5.75 Å². The molecule has 0 fully saturated rings. The zero-order chi connectivity index (χ0) is 8.32. The Bertz CT molecular complexity index is 320. The van der Waals surface area contributed by atoms with Crippen LogP contribution in [0, 0.1) is 0 Å². The third-order valence-corrected chi connectivity index (χ3v) is 1.79. The molecule has 0 saturated carbocycles. The van der Waals surface area contributed by atoms with E-state index < -0.39 is 9.84 Å². The average molecular weight is 172 g/mol. The van der Waals surface area contributed by atoms with Crippen LogP contribution in [0.1, 0.15) is 5.82 Å². The van der Waals surface area contributed by atoms with Crippen molar-refractivity contribution in [2.24, 2.45) is 0 Å². The highest BCUT2D eigenvalue weighted by atomic mass is 32.2. The molecule has 0 aliphatic heterocycles. The van der Waals surface area contributed by atoms with E-state index in [0.29, 0.717) is 5.82 Å². The molecule has 0 saturated heterocycles. The molecular weight excluding hydrogens is 164 g/mol. The van der Waals surface area contributed by atoms with Gasteiger partial charge in [-0.2, -0.15) is 0 Å². The fourth-order valence-corrected chi connectivity index (χ4v) is 1.26. The third kappa shape index (κ3) is 3.08. The first-order valence-electron chi connectivity index (χ1n) is 3.01.